The van der Waals surface area contributed by atoms with E-state index in [0.717, 1.165) is 11.8 Å². The first-order valence-corrected chi connectivity index (χ1v) is 6.17. The smallest absolute Gasteiger partial charge is 0.208 e. The van der Waals surface area contributed by atoms with Crippen molar-refractivity contribution in [1.82, 2.24) is 0 Å². The molecule has 0 saturated carbocycles. The van der Waals surface area contributed by atoms with Gasteiger partial charge < -0.3 is 0 Å². The van der Waals surface area contributed by atoms with Gasteiger partial charge >= 0.3 is 0 Å². The predicted octanol–water partition coefficient (Wildman–Crippen LogP) is 4.34. The van der Waals surface area contributed by atoms with Crippen molar-refractivity contribution in [2.24, 2.45) is 5.41 Å². The van der Waals surface area contributed by atoms with E-state index in [0.29, 0.717) is 9.92 Å². The molecule has 0 aliphatic carbocycles. The Hall–Kier alpha value is -0.540. The number of hydrogen-bond donors (Lipinski definition) is 0. The van der Waals surface area contributed by atoms with Gasteiger partial charge in [-0.3, -0.25) is 4.79 Å². The second-order valence-corrected chi connectivity index (χ2v) is 6.06. The minimum atomic E-state index is -1.53. The molecule has 1 unspecified atom stereocenters. The molecule has 0 saturated heterocycles. The van der Waals surface area contributed by atoms with Gasteiger partial charge in [0.05, 0.1) is 0 Å². The highest BCUT2D eigenvalue weighted by Crippen LogP contribution is 2.30. The number of carbonyl (C=O) groups is 1. The van der Waals surface area contributed by atoms with Crippen LogP contribution < -0.4 is 0 Å². The monoisotopic (exact) mass is 260 g/mol. The normalized spacial score (nSPS) is 13.6. The topological polar surface area (TPSA) is 17.1 Å². The van der Waals surface area contributed by atoms with Gasteiger partial charge in [0.15, 0.2) is 5.78 Å². The molecule has 0 N–H and O–H groups in total. The summed E-state index contributed by atoms with van der Waals surface area (Å²) in [6.07, 6.45) is 0. The third-order valence-corrected chi connectivity index (χ3v) is 3.22. The number of alkyl halides is 1. The van der Waals surface area contributed by atoms with Crippen LogP contribution in [0.4, 0.5) is 4.39 Å². The van der Waals surface area contributed by atoms with E-state index in [2.05, 4.69) is 0 Å². The van der Waals surface area contributed by atoms with E-state index in [1.807, 2.05) is 0 Å². The van der Waals surface area contributed by atoms with Crippen molar-refractivity contribution < 1.29 is 9.18 Å². The summed E-state index contributed by atoms with van der Waals surface area (Å²) in [5, 5.41) is 0.599. The zero-order valence-electron chi connectivity index (χ0n) is 9.46. The number of Topliss-reactive ketones (excluding diaryl/α,β-unsaturated/α-hetero) is 1. The molecule has 0 aromatic heterocycles. The lowest BCUT2D eigenvalue weighted by Gasteiger charge is -2.18. The van der Waals surface area contributed by atoms with Crippen LogP contribution in [0.1, 0.15) is 20.8 Å². The highest BCUT2D eigenvalue weighted by atomic mass is 35.5. The molecular formula is C12H14ClFOS. The average molecular weight is 261 g/mol. The average Bonchev–Trinajstić information content (AvgIpc) is 2.19. The SMILES string of the molecule is CC(C)(C)C(=O)C(F)Sc1ccc(Cl)cc1. The summed E-state index contributed by atoms with van der Waals surface area (Å²) < 4.78 is 13.7. The van der Waals surface area contributed by atoms with Gasteiger partial charge in [-0.25, -0.2) is 4.39 Å². The third kappa shape index (κ3) is 3.80. The number of hydrogen-bond acceptors (Lipinski definition) is 2. The van der Waals surface area contributed by atoms with E-state index in [1.165, 1.54) is 0 Å². The van der Waals surface area contributed by atoms with Crippen LogP contribution in [0.25, 0.3) is 0 Å². The summed E-state index contributed by atoms with van der Waals surface area (Å²) in [6, 6.07) is 6.77. The Bertz CT molecular complexity index is 370. The van der Waals surface area contributed by atoms with Gasteiger partial charge in [0.2, 0.25) is 5.50 Å². The number of carbonyl (C=O) groups excluding carboxylic acids is 1. The molecule has 1 atom stereocenters. The van der Waals surface area contributed by atoms with Crippen molar-refractivity contribution in [1.29, 1.82) is 0 Å². The summed E-state index contributed by atoms with van der Waals surface area (Å²) in [7, 11) is 0. The number of halogens is 2. The van der Waals surface area contributed by atoms with Crippen molar-refractivity contribution in [2.45, 2.75) is 31.2 Å². The second kappa shape index (κ2) is 5.19. The Morgan fingerprint density at radius 1 is 1.31 bits per heavy atom. The van der Waals surface area contributed by atoms with E-state index in [1.54, 1.807) is 45.0 Å². The lowest BCUT2D eigenvalue weighted by Crippen LogP contribution is -2.27. The molecular weight excluding hydrogens is 247 g/mol. The molecule has 0 radical (unpaired) electrons. The predicted molar refractivity (Wildman–Crippen MR) is 66.7 cm³/mol. The number of ketones is 1. The van der Waals surface area contributed by atoms with Crippen molar-refractivity contribution in [3.05, 3.63) is 29.3 Å². The molecule has 1 aromatic rings. The third-order valence-electron chi connectivity index (χ3n) is 2.00. The Balaban J connectivity index is 2.68. The highest BCUT2D eigenvalue weighted by molar-refractivity contribution is 8.00. The van der Waals surface area contributed by atoms with E-state index in [-0.39, 0.29) is 0 Å². The van der Waals surface area contributed by atoms with E-state index in [4.69, 9.17) is 11.6 Å². The summed E-state index contributed by atoms with van der Waals surface area (Å²) in [5.74, 6) is -0.396. The number of rotatable bonds is 3. The highest BCUT2D eigenvalue weighted by Gasteiger charge is 2.30. The molecule has 0 aliphatic rings. The van der Waals surface area contributed by atoms with Crippen LogP contribution in [-0.4, -0.2) is 11.3 Å². The number of thioether (sulfide) groups is 1. The van der Waals surface area contributed by atoms with Crippen LogP contribution in [-0.2, 0) is 4.79 Å². The molecule has 0 heterocycles. The van der Waals surface area contributed by atoms with E-state index < -0.39 is 16.7 Å². The van der Waals surface area contributed by atoms with Gasteiger partial charge in [0.1, 0.15) is 0 Å². The van der Waals surface area contributed by atoms with E-state index in [9.17, 15) is 9.18 Å². The quantitative estimate of drug-likeness (QED) is 0.752. The zero-order chi connectivity index (χ0) is 12.3. The van der Waals surface area contributed by atoms with E-state index >= 15 is 0 Å². The van der Waals surface area contributed by atoms with Crippen molar-refractivity contribution in [2.75, 3.05) is 0 Å². The largest absolute Gasteiger partial charge is 0.295 e. The molecule has 1 aromatic carbocycles. The molecule has 1 rings (SSSR count). The summed E-state index contributed by atoms with van der Waals surface area (Å²) in [4.78, 5) is 12.3. The fourth-order valence-electron chi connectivity index (χ4n) is 1.03. The Morgan fingerprint density at radius 2 is 1.81 bits per heavy atom. The fraction of sp³-hybridized carbons (Fsp3) is 0.417. The molecule has 0 spiro atoms. The molecule has 4 heteroatoms. The Labute approximate surface area is 104 Å². The fourth-order valence-corrected chi connectivity index (χ4v) is 2.15. The molecule has 1 nitrogen and oxygen atoms in total. The first-order chi connectivity index (χ1) is 7.30. The summed E-state index contributed by atoms with van der Waals surface area (Å²) in [5.41, 5.74) is -2.18. The van der Waals surface area contributed by atoms with Gasteiger partial charge in [0.25, 0.3) is 0 Å². The standard InChI is InChI=1S/C12H14ClFOS/c1-12(2,3)10(15)11(14)16-9-6-4-8(13)5-7-9/h4-7,11H,1-3H3. The lowest BCUT2D eigenvalue weighted by atomic mass is 9.92. The van der Waals surface area contributed by atoms with Gasteiger partial charge in [-0.2, -0.15) is 0 Å². The Morgan fingerprint density at radius 3 is 2.25 bits per heavy atom. The molecule has 0 bridgehead atoms. The molecule has 0 aliphatic heterocycles. The van der Waals surface area contributed by atoms with Crippen LogP contribution in [0.15, 0.2) is 29.2 Å². The lowest BCUT2D eigenvalue weighted by molar-refractivity contribution is -0.128. The van der Waals surface area contributed by atoms with Gasteiger partial charge in [-0.05, 0) is 24.3 Å². The first kappa shape index (κ1) is 13.5. The maximum absolute atomic E-state index is 13.7. The minimum Gasteiger partial charge on any atom is -0.295 e. The summed E-state index contributed by atoms with van der Waals surface area (Å²) in [6.45, 7) is 5.14. The van der Waals surface area contributed by atoms with Gasteiger partial charge in [-0.15, -0.1) is 0 Å². The van der Waals surface area contributed by atoms with Crippen LogP contribution in [0.2, 0.25) is 5.02 Å². The van der Waals surface area contributed by atoms with Crippen LogP contribution in [0.3, 0.4) is 0 Å². The van der Waals surface area contributed by atoms with Crippen molar-refractivity contribution in [3.8, 4) is 0 Å². The van der Waals surface area contributed by atoms with Gasteiger partial charge in [0, 0.05) is 15.3 Å². The number of benzene rings is 1. The second-order valence-electron chi connectivity index (χ2n) is 4.50. The first-order valence-electron chi connectivity index (χ1n) is 4.91. The van der Waals surface area contributed by atoms with Crippen LogP contribution in [0.5, 0.6) is 0 Å². The zero-order valence-corrected chi connectivity index (χ0v) is 11.0. The minimum absolute atomic E-state index is 0.396. The molecule has 0 fully saturated rings. The summed E-state index contributed by atoms with van der Waals surface area (Å²) >= 11 is 6.63. The molecule has 0 amide bonds. The van der Waals surface area contributed by atoms with Crippen molar-refractivity contribution in [3.63, 3.8) is 0 Å². The molecule has 16 heavy (non-hydrogen) atoms. The van der Waals surface area contributed by atoms with Crippen LogP contribution in [0, 0.1) is 5.41 Å². The van der Waals surface area contributed by atoms with Crippen LogP contribution >= 0.6 is 23.4 Å². The van der Waals surface area contributed by atoms with Crippen molar-refractivity contribution >= 4 is 29.1 Å². The molecule has 88 valence electrons. The maximum atomic E-state index is 13.7. The maximum Gasteiger partial charge on any atom is 0.208 e. The van der Waals surface area contributed by atoms with Gasteiger partial charge in [-0.1, -0.05) is 44.1 Å². The Kier molecular flexibility index (Phi) is 4.39.